The molecular weight excluding hydrogens is 377 g/mol. The van der Waals surface area contributed by atoms with E-state index in [0.717, 1.165) is 5.56 Å². The monoisotopic (exact) mass is 391 g/mol. The van der Waals surface area contributed by atoms with Gasteiger partial charge in [0.05, 0.1) is 5.25 Å². The van der Waals surface area contributed by atoms with Crippen molar-refractivity contribution in [2.24, 2.45) is 0 Å². The molecule has 26 heavy (non-hydrogen) atoms. The number of thioether (sulfide) groups is 1. The van der Waals surface area contributed by atoms with Crippen LogP contribution in [0.4, 0.5) is 9.52 Å². The lowest BCUT2D eigenvalue weighted by Gasteiger charge is -2.12. The van der Waals surface area contributed by atoms with Gasteiger partial charge >= 0.3 is 0 Å². The molecule has 10 heteroatoms. The summed E-state index contributed by atoms with van der Waals surface area (Å²) in [5.41, 5.74) is 0.447. The van der Waals surface area contributed by atoms with E-state index in [2.05, 4.69) is 25.5 Å². The summed E-state index contributed by atoms with van der Waals surface area (Å²) in [4.78, 5) is 30.4. The molecular formula is C16H14FN5O2S2. The fourth-order valence-corrected chi connectivity index (χ4v) is 3.67. The molecule has 0 spiro atoms. The number of nitrogens with zero attached hydrogens (tertiary/aromatic N) is 3. The van der Waals surface area contributed by atoms with Crippen LogP contribution in [0.5, 0.6) is 0 Å². The molecule has 0 saturated heterocycles. The van der Waals surface area contributed by atoms with Crippen molar-refractivity contribution >= 4 is 34.1 Å². The molecule has 0 radical (unpaired) electrons. The highest BCUT2D eigenvalue weighted by Crippen LogP contribution is 2.28. The molecule has 7 nitrogen and oxygen atoms in total. The summed E-state index contributed by atoms with van der Waals surface area (Å²) in [6.07, 6.45) is 1.93. The van der Waals surface area contributed by atoms with Gasteiger partial charge in [-0.1, -0.05) is 30.0 Å². The maximum Gasteiger partial charge on any atom is 0.251 e. The summed E-state index contributed by atoms with van der Waals surface area (Å²) in [6, 6.07) is 7.19. The van der Waals surface area contributed by atoms with Crippen molar-refractivity contribution in [1.29, 1.82) is 0 Å². The van der Waals surface area contributed by atoms with E-state index in [9.17, 15) is 14.0 Å². The van der Waals surface area contributed by atoms with Crippen molar-refractivity contribution in [3.8, 4) is 10.6 Å². The minimum Gasteiger partial charge on any atom is -0.301 e. The molecule has 0 aliphatic rings. The molecule has 134 valence electrons. The number of aromatic nitrogens is 4. The molecule has 3 aromatic rings. The molecule has 1 unspecified atom stereocenters. The average molecular weight is 391 g/mol. The predicted octanol–water partition coefficient (Wildman–Crippen LogP) is 2.94. The summed E-state index contributed by atoms with van der Waals surface area (Å²) >= 11 is 2.37. The maximum absolute atomic E-state index is 13.0. The minimum atomic E-state index is -0.446. The SMILES string of the molecule is CCC(Sc1nccc(=O)[nH]1)C(=O)Nc1nnc(-c2ccc(F)cc2)s1. The van der Waals surface area contributed by atoms with Crippen molar-refractivity contribution in [2.45, 2.75) is 23.8 Å². The van der Waals surface area contributed by atoms with Crippen molar-refractivity contribution in [3.63, 3.8) is 0 Å². The van der Waals surface area contributed by atoms with Crippen LogP contribution in [0.1, 0.15) is 13.3 Å². The van der Waals surface area contributed by atoms with Crippen LogP contribution in [-0.4, -0.2) is 31.3 Å². The topological polar surface area (TPSA) is 101 Å². The average Bonchev–Trinajstić information content (AvgIpc) is 3.08. The molecule has 0 aliphatic carbocycles. The second kappa shape index (κ2) is 8.19. The number of aromatic amines is 1. The Hall–Kier alpha value is -2.59. The zero-order chi connectivity index (χ0) is 18.5. The molecule has 0 aliphatic heterocycles. The van der Waals surface area contributed by atoms with Gasteiger partial charge in [0, 0.05) is 17.8 Å². The van der Waals surface area contributed by atoms with Gasteiger partial charge in [-0.05, 0) is 30.7 Å². The Bertz CT molecular complexity index is 958. The molecule has 1 amide bonds. The number of hydrogen-bond acceptors (Lipinski definition) is 7. The highest BCUT2D eigenvalue weighted by molar-refractivity contribution is 8.00. The predicted molar refractivity (Wildman–Crippen MR) is 98.7 cm³/mol. The third kappa shape index (κ3) is 4.52. The van der Waals surface area contributed by atoms with Crippen LogP contribution in [0.3, 0.4) is 0 Å². The van der Waals surface area contributed by atoms with Gasteiger partial charge in [-0.25, -0.2) is 9.37 Å². The Balaban J connectivity index is 1.68. The second-order valence-electron chi connectivity index (χ2n) is 5.16. The molecule has 2 N–H and O–H groups in total. The normalized spacial score (nSPS) is 11.9. The van der Waals surface area contributed by atoms with E-state index in [4.69, 9.17) is 0 Å². The summed E-state index contributed by atoms with van der Waals surface area (Å²) in [5.74, 6) is -0.590. The fourth-order valence-electron chi connectivity index (χ4n) is 2.04. The van der Waals surface area contributed by atoms with Crippen LogP contribution in [0.25, 0.3) is 10.6 Å². The summed E-state index contributed by atoms with van der Waals surface area (Å²) in [7, 11) is 0. The van der Waals surface area contributed by atoms with Crippen LogP contribution in [-0.2, 0) is 4.79 Å². The highest BCUT2D eigenvalue weighted by atomic mass is 32.2. The maximum atomic E-state index is 13.0. The first-order valence-corrected chi connectivity index (χ1v) is 9.37. The number of amides is 1. The third-order valence-corrected chi connectivity index (χ3v) is 5.46. The van der Waals surface area contributed by atoms with Gasteiger partial charge in [0.2, 0.25) is 11.0 Å². The van der Waals surface area contributed by atoms with E-state index in [1.807, 2.05) is 6.92 Å². The number of H-pyrrole nitrogens is 1. The van der Waals surface area contributed by atoms with Gasteiger partial charge in [-0.15, -0.1) is 10.2 Å². The Kier molecular flexibility index (Phi) is 5.74. The quantitative estimate of drug-likeness (QED) is 0.495. The second-order valence-corrected chi connectivity index (χ2v) is 7.33. The van der Waals surface area contributed by atoms with Crippen LogP contribution >= 0.6 is 23.1 Å². The van der Waals surface area contributed by atoms with Crippen molar-refractivity contribution in [3.05, 3.63) is 52.7 Å². The standard InChI is InChI=1S/C16H14FN5O2S2/c1-2-11(25-15-18-8-7-12(23)19-15)13(24)20-16-22-21-14(26-16)9-3-5-10(17)6-4-9/h3-8,11H,2H2,1H3,(H,18,19,23)(H,20,22,24). The number of rotatable bonds is 6. The van der Waals surface area contributed by atoms with E-state index in [1.54, 1.807) is 12.1 Å². The zero-order valence-corrected chi connectivity index (χ0v) is 15.2. The molecule has 0 saturated carbocycles. The molecule has 0 bridgehead atoms. The molecule has 0 fully saturated rings. The largest absolute Gasteiger partial charge is 0.301 e. The molecule has 1 aromatic carbocycles. The van der Waals surface area contributed by atoms with E-state index >= 15 is 0 Å². The van der Waals surface area contributed by atoms with Crippen LogP contribution in [0.2, 0.25) is 0 Å². The van der Waals surface area contributed by atoms with Crippen LogP contribution in [0, 0.1) is 5.82 Å². The number of anilines is 1. The molecule has 3 rings (SSSR count). The van der Waals surface area contributed by atoms with Gasteiger partial charge in [-0.3, -0.25) is 14.9 Å². The van der Waals surface area contributed by atoms with Gasteiger partial charge in [0.1, 0.15) is 10.8 Å². The first-order valence-electron chi connectivity index (χ1n) is 7.67. The van der Waals surface area contributed by atoms with Gasteiger partial charge in [-0.2, -0.15) is 0 Å². The Morgan fingerprint density at radius 2 is 2.08 bits per heavy atom. The third-order valence-electron chi connectivity index (χ3n) is 3.31. The van der Waals surface area contributed by atoms with E-state index in [0.29, 0.717) is 21.7 Å². The Labute approximate surface area is 156 Å². The van der Waals surface area contributed by atoms with E-state index in [1.165, 1.54) is 47.5 Å². The lowest BCUT2D eigenvalue weighted by atomic mass is 10.2. The van der Waals surface area contributed by atoms with Crippen molar-refractivity contribution in [1.82, 2.24) is 20.2 Å². The van der Waals surface area contributed by atoms with Crippen LogP contribution in [0.15, 0.2) is 46.5 Å². The van der Waals surface area contributed by atoms with E-state index < -0.39 is 5.25 Å². The van der Waals surface area contributed by atoms with Gasteiger partial charge in [0.25, 0.3) is 5.56 Å². The summed E-state index contributed by atoms with van der Waals surface area (Å²) < 4.78 is 13.0. The van der Waals surface area contributed by atoms with Gasteiger partial charge < -0.3 is 4.98 Å². The molecule has 2 heterocycles. The minimum absolute atomic E-state index is 0.259. The molecule has 1 atom stereocenters. The first-order chi connectivity index (χ1) is 12.5. The number of carbonyl (C=O) groups excluding carboxylic acids is 1. The van der Waals surface area contributed by atoms with Crippen molar-refractivity contribution in [2.75, 3.05) is 5.32 Å². The number of benzene rings is 1. The molecule has 2 aromatic heterocycles. The zero-order valence-electron chi connectivity index (χ0n) is 13.6. The number of nitrogens with one attached hydrogen (secondary N) is 2. The van der Waals surface area contributed by atoms with E-state index in [-0.39, 0.29) is 17.3 Å². The summed E-state index contributed by atoms with van der Waals surface area (Å²) in [5, 5.41) is 11.5. The Morgan fingerprint density at radius 1 is 1.31 bits per heavy atom. The van der Waals surface area contributed by atoms with Crippen LogP contribution < -0.4 is 10.9 Å². The lowest BCUT2D eigenvalue weighted by Crippen LogP contribution is -2.25. The Morgan fingerprint density at radius 3 is 2.77 bits per heavy atom. The fraction of sp³-hybridized carbons (Fsp3) is 0.188. The van der Waals surface area contributed by atoms with Crippen molar-refractivity contribution < 1.29 is 9.18 Å². The smallest absolute Gasteiger partial charge is 0.251 e. The number of carbonyl (C=O) groups is 1. The number of halogens is 1. The highest BCUT2D eigenvalue weighted by Gasteiger charge is 2.21. The lowest BCUT2D eigenvalue weighted by molar-refractivity contribution is -0.115. The van der Waals surface area contributed by atoms with Gasteiger partial charge in [0.15, 0.2) is 5.16 Å². The summed E-state index contributed by atoms with van der Waals surface area (Å²) in [6.45, 7) is 1.86. The number of hydrogen-bond donors (Lipinski definition) is 2. The first kappa shape index (κ1) is 18.2.